The number of para-hydroxylation sites is 7. The molecule has 7 aromatic carbocycles. The van der Waals surface area contributed by atoms with Crippen molar-refractivity contribution < 1.29 is 4.74 Å². The van der Waals surface area contributed by atoms with E-state index in [4.69, 9.17) is 9.72 Å². The molecule has 0 saturated carbocycles. The van der Waals surface area contributed by atoms with Crippen LogP contribution in [0.15, 0.2) is 182 Å². The molecule has 0 bridgehead atoms. The van der Waals surface area contributed by atoms with E-state index in [1.54, 1.807) is 0 Å². The average molecular weight is 667 g/mol. The van der Waals surface area contributed by atoms with Gasteiger partial charge in [0.1, 0.15) is 0 Å². The van der Waals surface area contributed by atoms with Crippen LogP contribution in [0.25, 0.3) is 66.1 Å². The van der Waals surface area contributed by atoms with Crippen molar-refractivity contribution in [2.45, 2.75) is 0 Å². The number of anilines is 3. The molecular formula is C47H30N4O. The highest BCUT2D eigenvalue weighted by atomic mass is 16.5. The number of nitrogens with zero attached hydrogens (tertiary/aromatic N) is 4. The van der Waals surface area contributed by atoms with Crippen LogP contribution in [0.3, 0.4) is 0 Å². The van der Waals surface area contributed by atoms with E-state index in [9.17, 15) is 0 Å². The monoisotopic (exact) mass is 666 g/mol. The van der Waals surface area contributed by atoms with Gasteiger partial charge < -0.3 is 18.8 Å². The van der Waals surface area contributed by atoms with E-state index < -0.39 is 0 Å². The van der Waals surface area contributed by atoms with Crippen molar-refractivity contribution in [1.82, 2.24) is 14.1 Å². The summed E-state index contributed by atoms with van der Waals surface area (Å²) in [5, 5.41) is 4.90. The number of hydrogen-bond acceptors (Lipinski definition) is 3. The zero-order chi connectivity index (χ0) is 34.2. The van der Waals surface area contributed by atoms with Crippen LogP contribution >= 0.6 is 0 Å². The lowest BCUT2D eigenvalue weighted by molar-refractivity contribution is 0.477. The van der Waals surface area contributed by atoms with Gasteiger partial charge in [0.25, 0.3) is 0 Å². The number of hydrogen-bond donors (Lipinski definition) is 0. The Labute approximate surface area is 299 Å². The molecule has 0 N–H and O–H groups in total. The number of aromatic nitrogens is 3. The van der Waals surface area contributed by atoms with Crippen LogP contribution < -0.4 is 9.64 Å². The van der Waals surface area contributed by atoms with Gasteiger partial charge in [-0.3, -0.25) is 4.98 Å². The molecule has 10 aromatic rings. The molecule has 0 unspecified atom stereocenters. The Morgan fingerprint density at radius 1 is 0.365 bits per heavy atom. The van der Waals surface area contributed by atoms with Gasteiger partial charge in [-0.05, 0) is 90.0 Å². The van der Waals surface area contributed by atoms with Gasteiger partial charge >= 0.3 is 0 Å². The normalized spacial score (nSPS) is 12.3. The molecule has 0 saturated heterocycles. The van der Waals surface area contributed by atoms with Crippen molar-refractivity contribution in [3.63, 3.8) is 0 Å². The number of rotatable bonds is 4. The highest BCUT2D eigenvalue weighted by Gasteiger charge is 2.26. The summed E-state index contributed by atoms with van der Waals surface area (Å²) in [5.74, 6) is 1.64. The number of pyridine rings is 1. The van der Waals surface area contributed by atoms with Crippen molar-refractivity contribution >= 4 is 60.7 Å². The second-order valence-electron chi connectivity index (χ2n) is 13.3. The van der Waals surface area contributed by atoms with Gasteiger partial charge in [-0.25, -0.2) is 0 Å². The topological polar surface area (TPSA) is 35.2 Å². The molecule has 3 aromatic heterocycles. The van der Waals surface area contributed by atoms with Gasteiger partial charge in [0.05, 0.1) is 57.2 Å². The minimum absolute atomic E-state index is 0.818. The zero-order valence-electron chi connectivity index (χ0n) is 28.0. The number of ether oxygens (including phenoxy) is 1. The van der Waals surface area contributed by atoms with E-state index in [2.05, 4.69) is 147 Å². The fraction of sp³-hybridized carbons (Fsp3) is 0. The first-order valence-electron chi connectivity index (χ1n) is 17.5. The Hall–Kier alpha value is -7.11. The van der Waals surface area contributed by atoms with Crippen molar-refractivity contribution in [3.05, 3.63) is 182 Å². The minimum Gasteiger partial charge on any atom is -0.453 e. The van der Waals surface area contributed by atoms with Crippen LogP contribution in [-0.4, -0.2) is 14.1 Å². The molecule has 52 heavy (non-hydrogen) atoms. The van der Waals surface area contributed by atoms with Gasteiger partial charge in [0.2, 0.25) is 0 Å². The standard InChI is InChI=1S/C47H30N4O/c1-2-12-33(13-3-1)49-40-16-6-4-14-36(40)38-26-31(22-24-42(38)49)32-23-25-43-39(27-32)37-15-5-7-17-41(37)50(43)34-28-35(30-48-29-34)51-44-18-8-10-20-46(44)52-47-21-11-9-19-45(47)51/h1-30H. The molecule has 0 atom stereocenters. The largest absolute Gasteiger partial charge is 0.453 e. The SMILES string of the molecule is c1ccc(-n2c3ccccc3c3cc(-c4ccc5c(c4)c4ccccc4n5-c4cncc(N5c6ccccc6Oc6ccccc65)c4)ccc32)cc1. The Morgan fingerprint density at radius 3 is 1.46 bits per heavy atom. The van der Waals surface area contributed by atoms with E-state index in [-0.39, 0.29) is 0 Å². The van der Waals surface area contributed by atoms with Gasteiger partial charge in [-0.1, -0.05) is 91.0 Å². The smallest absolute Gasteiger partial charge is 0.151 e. The second-order valence-corrected chi connectivity index (χ2v) is 13.3. The summed E-state index contributed by atoms with van der Waals surface area (Å²) < 4.78 is 11.0. The maximum Gasteiger partial charge on any atom is 0.151 e. The molecule has 5 heteroatoms. The zero-order valence-corrected chi connectivity index (χ0v) is 28.0. The third-order valence-corrected chi connectivity index (χ3v) is 10.4. The first-order chi connectivity index (χ1) is 25.8. The fourth-order valence-electron chi connectivity index (χ4n) is 8.08. The van der Waals surface area contributed by atoms with Crippen molar-refractivity contribution in [2.24, 2.45) is 0 Å². The molecule has 244 valence electrons. The van der Waals surface area contributed by atoms with Crippen molar-refractivity contribution in [3.8, 4) is 34.0 Å². The summed E-state index contributed by atoms with van der Waals surface area (Å²) in [4.78, 5) is 7.05. The van der Waals surface area contributed by atoms with Crippen LogP contribution in [-0.2, 0) is 0 Å². The van der Waals surface area contributed by atoms with Gasteiger partial charge in [-0.15, -0.1) is 0 Å². The summed E-state index contributed by atoms with van der Waals surface area (Å²) >= 11 is 0. The molecule has 1 aliphatic heterocycles. The van der Waals surface area contributed by atoms with Gasteiger partial charge in [0.15, 0.2) is 11.5 Å². The maximum atomic E-state index is 6.29. The Morgan fingerprint density at radius 2 is 0.846 bits per heavy atom. The van der Waals surface area contributed by atoms with Crippen molar-refractivity contribution in [2.75, 3.05) is 4.90 Å². The number of benzene rings is 7. The minimum atomic E-state index is 0.818. The van der Waals surface area contributed by atoms with Gasteiger partial charge in [0, 0.05) is 27.2 Å². The third-order valence-electron chi connectivity index (χ3n) is 10.4. The summed E-state index contributed by atoms with van der Waals surface area (Å²) in [6.07, 6.45) is 3.89. The molecule has 0 fully saturated rings. The van der Waals surface area contributed by atoms with Crippen molar-refractivity contribution in [1.29, 1.82) is 0 Å². The predicted octanol–water partition coefficient (Wildman–Crippen LogP) is 12.5. The lowest BCUT2D eigenvalue weighted by Gasteiger charge is -2.32. The highest BCUT2D eigenvalue weighted by Crippen LogP contribution is 2.50. The molecule has 0 aliphatic carbocycles. The fourth-order valence-corrected chi connectivity index (χ4v) is 8.08. The third kappa shape index (κ3) is 4.26. The lowest BCUT2D eigenvalue weighted by atomic mass is 10.0. The molecule has 0 spiro atoms. The van der Waals surface area contributed by atoms with Crippen LogP contribution in [0.1, 0.15) is 0 Å². The summed E-state index contributed by atoms with van der Waals surface area (Å²) in [6, 6.07) is 60.2. The molecule has 11 rings (SSSR count). The molecule has 0 amide bonds. The Bertz CT molecular complexity index is 2970. The molecule has 4 heterocycles. The maximum absolute atomic E-state index is 6.29. The molecular weight excluding hydrogens is 637 g/mol. The Balaban J connectivity index is 1.07. The lowest BCUT2D eigenvalue weighted by Crippen LogP contribution is -2.16. The second kappa shape index (κ2) is 11.2. The van der Waals surface area contributed by atoms with Crippen LogP contribution in [0, 0.1) is 0 Å². The van der Waals surface area contributed by atoms with E-state index in [1.807, 2.05) is 48.8 Å². The van der Waals surface area contributed by atoms with Gasteiger partial charge in [-0.2, -0.15) is 0 Å². The average Bonchev–Trinajstić information content (AvgIpc) is 3.72. The van der Waals surface area contributed by atoms with Crippen LogP contribution in [0.4, 0.5) is 17.1 Å². The quantitative estimate of drug-likeness (QED) is 0.188. The molecule has 1 aliphatic rings. The highest BCUT2D eigenvalue weighted by molar-refractivity contribution is 6.12. The van der Waals surface area contributed by atoms with E-state index in [1.165, 1.54) is 43.7 Å². The van der Waals surface area contributed by atoms with Crippen LogP contribution in [0.2, 0.25) is 0 Å². The summed E-state index contributed by atoms with van der Waals surface area (Å²) in [7, 11) is 0. The van der Waals surface area contributed by atoms with E-state index >= 15 is 0 Å². The first kappa shape index (κ1) is 28.7. The first-order valence-corrected chi connectivity index (χ1v) is 17.5. The van der Waals surface area contributed by atoms with E-state index in [0.717, 1.165) is 51.0 Å². The Kier molecular flexibility index (Phi) is 6.18. The number of fused-ring (bicyclic) bond motifs is 8. The molecule has 5 nitrogen and oxygen atoms in total. The van der Waals surface area contributed by atoms with E-state index in [0.29, 0.717) is 0 Å². The predicted molar refractivity (Wildman–Crippen MR) is 213 cm³/mol. The van der Waals surface area contributed by atoms with Crippen LogP contribution in [0.5, 0.6) is 11.5 Å². The summed E-state index contributed by atoms with van der Waals surface area (Å²) in [5.41, 5.74) is 12.1. The molecule has 0 radical (unpaired) electrons. The summed E-state index contributed by atoms with van der Waals surface area (Å²) in [6.45, 7) is 0.